The largest absolute Gasteiger partial charge is 0.378 e. The summed E-state index contributed by atoms with van der Waals surface area (Å²) in [6.45, 7) is 3.46. The van der Waals surface area contributed by atoms with Crippen LogP contribution in [0.25, 0.3) is 0 Å². The summed E-state index contributed by atoms with van der Waals surface area (Å²) in [4.78, 5) is 38.9. The molecule has 0 spiro atoms. The molecule has 0 aromatic heterocycles. The molecule has 32 heavy (non-hydrogen) atoms. The van der Waals surface area contributed by atoms with Crippen molar-refractivity contribution in [1.82, 2.24) is 19.6 Å². The fourth-order valence-electron chi connectivity index (χ4n) is 4.55. The van der Waals surface area contributed by atoms with Gasteiger partial charge < -0.3 is 19.4 Å². The molecule has 0 aliphatic carbocycles. The lowest BCUT2D eigenvalue weighted by atomic mass is 10.1. The standard InChI is InChI=1S/C24H27N5O3/c1-26-21-20(22(30)29(24(26)31)17-19-10-6-3-7-11-19)28(16-18-8-4-2-5-9-18)23(25-21)27-12-14-32-15-13-27/h2-11,20-21H,12-17H2,1H3. The van der Waals surface area contributed by atoms with Crippen molar-refractivity contribution >= 4 is 17.9 Å². The molecule has 0 radical (unpaired) electrons. The van der Waals surface area contributed by atoms with Crippen LogP contribution in [0.5, 0.6) is 0 Å². The van der Waals surface area contributed by atoms with Crippen LogP contribution in [0.3, 0.4) is 0 Å². The first-order chi connectivity index (χ1) is 15.6. The number of hydrogen-bond donors (Lipinski definition) is 0. The smallest absolute Gasteiger partial charge is 0.328 e. The minimum absolute atomic E-state index is 0.204. The van der Waals surface area contributed by atoms with Crippen LogP contribution in [0.1, 0.15) is 11.1 Å². The molecular weight excluding hydrogens is 406 g/mol. The highest BCUT2D eigenvalue weighted by molar-refractivity contribution is 6.03. The number of aliphatic imine (C=N–C) groups is 1. The Labute approximate surface area is 187 Å². The van der Waals surface area contributed by atoms with E-state index in [1.807, 2.05) is 60.7 Å². The van der Waals surface area contributed by atoms with Gasteiger partial charge in [-0.1, -0.05) is 60.7 Å². The number of amides is 3. The summed E-state index contributed by atoms with van der Waals surface area (Å²) in [7, 11) is 1.73. The highest BCUT2D eigenvalue weighted by Gasteiger charge is 2.52. The van der Waals surface area contributed by atoms with Gasteiger partial charge in [0.1, 0.15) is 0 Å². The van der Waals surface area contributed by atoms with Gasteiger partial charge >= 0.3 is 6.03 Å². The molecule has 0 saturated carbocycles. The van der Waals surface area contributed by atoms with Gasteiger partial charge in [-0.2, -0.15) is 0 Å². The lowest BCUT2D eigenvalue weighted by molar-refractivity contribution is -0.138. The molecule has 166 valence electrons. The highest BCUT2D eigenvalue weighted by Crippen LogP contribution is 2.31. The summed E-state index contributed by atoms with van der Waals surface area (Å²) < 4.78 is 5.52. The molecule has 3 aliphatic heterocycles. The zero-order chi connectivity index (χ0) is 22.1. The second-order valence-corrected chi connectivity index (χ2v) is 8.30. The van der Waals surface area contributed by atoms with Crippen LogP contribution in [0, 0.1) is 0 Å². The molecule has 0 bridgehead atoms. The third-order valence-electron chi connectivity index (χ3n) is 6.24. The predicted octanol–water partition coefficient (Wildman–Crippen LogP) is 1.98. The Kier molecular flexibility index (Phi) is 5.53. The second-order valence-electron chi connectivity index (χ2n) is 8.30. The molecule has 3 aliphatic rings. The Bertz CT molecular complexity index is 1010. The van der Waals surface area contributed by atoms with Crippen LogP contribution >= 0.6 is 0 Å². The number of hydrogen-bond acceptors (Lipinski definition) is 6. The Balaban J connectivity index is 1.48. The summed E-state index contributed by atoms with van der Waals surface area (Å²) in [6.07, 6.45) is -0.538. The number of nitrogens with zero attached hydrogens (tertiary/aromatic N) is 5. The first-order valence-corrected chi connectivity index (χ1v) is 11.0. The van der Waals surface area contributed by atoms with Crippen molar-refractivity contribution in [2.45, 2.75) is 25.3 Å². The maximum absolute atomic E-state index is 13.7. The number of guanidine groups is 1. The maximum Gasteiger partial charge on any atom is 0.328 e. The van der Waals surface area contributed by atoms with Crippen LogP contribution in [0.4, 0.5) is 4.79 Å². The molecule has 2 aromatic carbocycles. The quantitative estimate of drug-likeness (QED) is 0.738. The van der Waals surface area contributed by atoms with Crippen LogP contribution < -0.4 is 0 Å². The monoisotopic (exact) mass is 433 g/mol. The number of likely N-dealkylation sites (N-methyl/N-ethyl adjacent to an activating group) is 1. The average Bonchev–Trinajstić information content (AvgIpc) is 3.22. The number of carbonyl (C=O) groups is 2. The van der Waals surface area contributed by atoms with Crippen molar-refractivity contribution in [2.75, 3.05) is 33.4 Å². The summed E-state index contributed by atoms with van der Waals surface area (Å²) >= 11 is 0. The molecule has 2 saturated heterocycles. The Morgan fingerprint density at radius 3 is 2.12 bits per heavy atom. The molecule has 2 unspecified atom stereocenters. The Morgan fingerprint density at radius 2 is 1.50 bits per heavy atom. The van der Waals surface area contributed by atoms with Gasteiger partial charge in [0.15, 0.2) is 18.2 Å². The fraction of sp³-hybridized carbons (Fsp3) is 0.375. The van der Waals surface area contributed by atoms with Crippen LogP contribution in [0.2, 0.25) is 0 Å². The zero-order valence-electron chi connectivity index (χ0n) is 18.1. The molecular formula is C24H27N5O3. The van der Waals surface area contributed by atoms with E-state index >= 15 is 0 Å². The van der Waals surface area contributed by atoms with E-state index in [2.05, 4.69) is 9.80 Å². The lowest BCUT2D eigenvalue weighted by Crippen LogP contribution is -2.65. The van der Waals surface area contributed by atoms with Crippen LogP contribution in [0.15, 0.2) is 65.7 Å². The minimum Gasteiger partial charge on any atom is -0.378 e. The van der Waals surface area contributed by atoms with E-state index in [9.17, 15) is 9.59 Å². The van der Waals surface area contributed by atoms with Gasteiger partial charge in [0.2, 0.25) is 0 Å². The molecule has 2 fully saturated rings. The summed E-state index contributed by atoms with van der Waals surface area (Å²) in [5.74, 6) is 0.562. The molecule has 8 nitrogen and oxygen atoms in total. The fourth-order valence-corrected chi connectivity index (χ4v) is 4.55. The number of urea groups is 1. The molecule has 5 rings (SSSR count). The zero-order valence-corrected chi connectivity index (χ0v) is 18.1. The Morgan fingerprint density at radius 1 is 0.906 bits per heavy atom. The number of fused-ring (bicyclic) bond motifs is 1. The summed E-state index contributed by atoms with van der Waals surface area (Å²) in [6, 6.07) is 18.8. The predicted molar refractivity (Wildman–Crippen MR) is 120 cm³/mol. The number of benzene rings is 2. The highest BCUT2D eigenvalue weighted by atomic mass is 16.5. The van der Waals surface area contributed by atoms with Gasteiger partial charge in [0.05, 0.1) is 19.8 Å². The van der Waals surface area contributed by atoms with Crippen molar-refractivity contribution in [2.24, 2.45) is 4.99 Å². The number of ether oxygens (including phenoxy) is 1. The molecule has 8 heteroatoms. The van der Waals surface area contributed by atoms with Crippen molar-refractivity contribution in [1.29, 1.82) is 0 Å². The van der Waals surface area contributed by atoms with Crippen molar-refractivity contribution in [3.63, 3.8) is 0 Å². The Hall–Kier alpha value is -3.39. The SMILES string of the molecule is CN1C(=O)N(Cc2ccccc2)C(=O)C2C1N=C(N1CCOCC1)N2Cc1ccccc1. The van der Waals surface area contributed by atoms with Crippen LogP contribution in [-0.2, 0) is 22.6 Å². The molecule has 2 aromatic rings. The molecule has 3 amide bonds. The lowest BCUT2D eigenvalue weighted by Gasteiger charge is -2.42. The number of rotatable bonds is 4. The van der Waals surface area contributed by atoms with Gasteiger partial charge in [0.25, 0.3) is 5.91 Å². The van der Waals surface area contributed by atoms with Gasteiger partial charge in [-0.05, 0) is 11.1 Å². The second kappa shape index (κ2) is 8.63. The van der Waals surface area contributed by atoms with E-state index < -0.39 is 12.2 Å². The number of carbonyl (C=O) groups excluding carboxylic acids is 2. The third-order valence-corrected chi connectivity index (χ3v) is 6.24. The number of morpholine rings is 1. The first kappa shape index (κ1) is 20.5. The van der Waals surface area contributed by atoms with Gasteiger partial charge in [-0.15, -0.1) is 0 Å². The van der Waals surface area contributed by atoms with Gasteiger partial charge in [-0.3, -0.25) is 9.69 Å². The van der Waals surface area contributed by atoms with E-state index in [1.54, 1.807) is 11.9 Å². The van der Waals surface area contributed by atoms with Crippen molar-refractivity contribution in [3.05, 3.63) is 71.8 Å². The maximum atomic E-state index is 13.7. The van der Waals surface area contributed by atoms with Gasteiger partial charge in [-0.25, -0.2) is 9.79 Å². The minimum atomic E-state index is -0.556. The number of imide groups is 1. The van der Waals surface area contributed by atoms with E-state index in [4.69, 9.17) is 9.73 Å². The van der Waals surface area contributed by atoms with Gasteiger partial charge in [0, 0.05) is 26.7 Å². The van der Waals surface area contributed by atoms with E-state index in [-0.39, 0.29) is 18.5 Å². The van der Waals surface area contributed by atoms with E-state index in [1.165, 1.54) is 4.90 Å². The van der Waals surface area contributed by atoms with Crippen LogP contribution in [-0.4, -0.2) is 83.1 Å². The molecule has 2 atom stereocenters. The normalized spacial score (nSPS) is 23.5. The summed E-state index contributed by atoms with van der Waals surface area (Å²) in [5.41, 5.74) is 2.01. The van der Waals surface area contributed by atoms with Crippen molar-refractivity contribution in [3.8, 4) is 0 Å². The average molecular weight is 434 g/mol. The summed E-state index contributed by atoms with van der Waals surface area (Å²) in [5, 5.41) is 0. The molecule has 3 heterocycles. The topological polar surface area (TPSA) is 68.7 Å². The first-order valence-electron chi connectivity index (χ1n) is 11.0. The third kappa shape index (κ3) is 3.71. The van der Waals surface area contributed by atoms with E-state index in [0.717, 1.165) is 17.1 Å². The van der Waals surface area contributed by atoms with E-state index in [0.29, 0.717) is 32.8 Å². The molecule has 0 N–H and O–H groups in total. The van der Waals surface area contributed by atoms with Crippen molar-refractivity contribution < 1.29 is 14.3 Å².